The second kappa shape index (κ2) is 18.8. The Bertz CT molecular complexity index is 1670. The monoisotopic (exact) mass is 670 g/mol. The van der Waals surface area contributed by atoms with Crippen LogP contribution in [0.4, 0.5) is 0 Å². The molecule has 5 aromatic carbocycles. The molecule has 6 nitrogen and oxygen atoms in total. The molecular weight excluding hydrogens is 610 g/mol. The van der Waals surface area contributed by atoms with E-state index in [1.54, 1.807) is 0 Å². The van der Waals surface area contributed by atoms with Crippen LogP contribution in [0.15, 0.2) is 54.6 Å². The first-order valence-corrected chi connectivity index (χ1v) is 18.7. The van der Waals surface area contributed by atoms with Crippen molar-refractivity contribution in [1.29, 1.82) is 0 Å². The van der Waals surface area contributed by atoms with E-state index < -0.39 is 0 Å². The fraction of sp³-hybridized carbons (Fsp3) is 0.488. The van der Waals surface area contributed by atoms with Crippen LogP contribution in [0.3, 0.4) is 0 Å². The highest BCUT2D eigenvalue weighted by Gasteiger charge is 2.25. The Morgan fingerprint density at radius 2 is 0.735 bits per heavy atom. The van der Waals surface area contributed by atoms with E-state index in [0.717, 1.165) is 43.1 Å². The molecule has 6 heteroatoms. The van der Waals surface area contributed by atoms with E-state index in [2.05, 4.69) is 27.7 Å². The molecule has 0 spiro atoms. The number of benzene rings is 5. The average Bonchev–Trinajstić information content (AvgIpc) is 3.14. The molecule has 0 atom stereocenters. The molecule has 0 radical (unpaired) electrons. The molecule has 0 aromatic heterocycles. The number of hydrogen-bond acceptors (Lipinski definition) is 5. The van der Waals surface area contributed by atoms with Crippen LogP contribution in [0, 0.1) is 0 Å². The van der Waals surface area contributed by atoms with E-state index in [1.165, 1.54) is 82.0 Å². The van der Waals surface area contributed by atoms with Crippen LogP contribution in [0.25, 0.3) is 43.1 Å². The minimum atomic E-state index is -0.284. The molecule has 0 heterocycles. The molecule has 0 aliphatic carbocycles. The lowest BCUT2D eigenvalue weighted by Gasteiger charge is -2.39. The summed E-state index contributed by atoms with van der Waals surface area (Å²) in [6.07, 6.45) is 11.1. The van der Waals surface area contributed by atoms with Crippen LogP contribution in [0.2, 0.25) is 0 Å². The van der Waals surface area contributed by atoms with Gasteiger partial charge in [-0.3, -0.25) is 0 Å². The smallest absolute Gasteiger partial charge is 0.0786 e. The van der Waals surface area contributed by atoms with Gasteiger partial charge < -0.3 is 30.0 Å². The first kappa shape index (κ1) is 38.7. The van der Waals surface area contributed by atoms with E-state index in [0.29, 0.717) is 27.8 Å². The maximum atomic E-state index is 10.5. The molecule has 0 unspecified atom stereocenters. The Labute approximate surface area is 293 Å². The van der Waals surface area contributed by atoms with Crippen molar-refractivity contribution in [3.63, 3.8) is 0 Å². The maximum absolute atomic E-state index is 10.5. The van der Waals surface area contributed by atoms with Crippen molar-refractivity contribution < 1.29 is 30.0 Å². The molecule has 5 aromatic rings. The molecule has 266 valence electrons. The maximum Gasteiger partial charge on any atom is 0.0786 e. The molecule has 5 N–H and O–H groups in total. The number of nitrogens with zero attached hydrogens (tertiary/aromatic N) is 1. The Hall–Kier alpha value is -3.10. The number of quaternary nitrogens is 1. The zero-order valence-electron chi connectivity index (χ0n) is 30.4. The minimum absolute atomic E-state index is 0.162. The topological polar surface area (TPSA) is 101 Å². The molecule has 0 fully saturated rings. The Kier molecular flexibility index (Phi) is 14.8. The summed E-state index contributed by atoms with van der Waals surface area (Å²) >= 11 is 0. The van der Waals surface area contributed by atoms with Gasteiger partial charge in [-0.2, -0.15) is 0 Å². The fourth-order valence-corrected chi connectivity index (χ4v) is 7.91. The number of unbranched alkanes of at least 4 members (excludes halogenated alkanes) is 4. The van der Waals surface area contributed by atoms with Gasteiger partial charge in [-0.1, -0.05) is 89.8 Å². The quantitative estimate of drug-likeness (QED) is 0.0503. The number of rotatable bonds is 17. The second-order valence-corrected chi connectivity index (χ2v) is 13.7. The highest BCUT2D eigenvalue weighted by atomic mass is 16.3. The molecular formula is C43H60NO5+. The highest BCUT2D eigenvalue weighted by Crippen LogP contribution is 2.41. The Morgan fingerprint density at radius 1 is 0.408 bits per heavy atom. The van der Waals surface area contributed by atoms with Crippen molar-refractivity contribution in [3.05, 3.63) is 82.4 Å². The molecule has 0 saturated heterocycles. The van der Waals surface area contributed by atoms with E-state index in [-0.39, 0.29) is 33.0 Å². The Balaban J connectivity index is 0.000000272. The van der Waals surface area contributed by atoms with Gasteiger partial charge in [-0.25, -0.2) is 0 Å². The van der Waals surface area contributed by atoms with Gasteiger partial charge in [-0.05, 0) is 115 Å². The molecule has 0 bridgehead atoms. The zero-order valence-corrected chi connectivity index (χ0v) is 30.4. The number of aliphatic hydroxyl groups excluding tert-OH is 5. The summed E-state index contributed by atoms with van der Waals surface area (Å²) in [7, 11) is 0. The lowest BCUT2D eigenvalue weighted by atomic mass is 9.85. The van der Waals surface area contributed by atoms with Gasteiger partial charge in [0.2, 0.25) is 0 Å². The predicted molar refractivity (Wildman–Crippen MR) is 205 cm³/mol. The number of aliphatic hydroxyl groups is 5. The van der Waals surface area contributed by atoms with E-state index in [9.17, 15) is 25.5 Å². The van der Waals surface area contributed by atoms with Crippen molar-refractivity contribution in [3.8, 4) is 0 Å². The number of hydrogen-bond donors (Lipinski definition) is 5. The second-order valence-electron chi connectivity index (χ2n) is 13.7. The summed E-state index contributed by atoms with van der Waals surface area (Å²) in [6.45, 7) is 13.9. The van der Waals surface area contributed by atoms with Gasteiger partial charge in [0.15, 0.2) is 0 Å². The molecule has 49 heavy (non-hydrogen) atoms. The standard InChI is InChI=1S/C27H24O5.C16H36N/c28-10-17-5-1-3-15-7-19-9-20-8-16-4-2-6-18(11-29)25(16)22(13-31)27(20)23(14-32)26(19)21(12-30)24(15)17;1-5-9-13-17(14-10-6-2,15-11-7-3)16-12-8-4/h1-9,28-32H,10-14H2;5-16H2,1-4H3/q;+1. The van der Waals surface area contributed by atoms with Crippen molar-refractivity contribution in [2.75, 3.05) is 26.2 Å². The lowest BCUT2D eigenvalue weighted by Crippen LogP contribution is -2.50. The van der Waals surface area contributed by atoms with Crippen molar-refractivity contribution in [2.45, 2.75) is 112 Å². The summed E-state index contributed by atoms with van der Waals surface area (Å²) in [5, 5.41) is 57.6. The van der Waals surface area contributed by atoms with Crippen LogP contribution in [-0.4, -0.2) is 56.2 Å². The largest absolute Gasteiger partial charge is 0.392 e. The summed E-state index contributed by atoms with van der Waals surface area (Å²) in [5.41, 5.74) is 3.33. The van der Waals surface area contributed by atoms with Gasteiger partial charge in [0.1, 0.15) is 0 Å². The van der Waals surface area contributed by atoms with Gasteiger partial charge in [0.25, 0.3) is 0 Å². The van der Waals surface area contributed by atoms with Gasteiger partial charge >= 0.3 is 0 Å². The summed E-state index contributed by atoms with van der Waals surface area (Å²) in [5.74, 6) is 0. The van der Waals surface area contributed by atoms with Gasteiger partial charge in [0, 0.05) is 0 Å². The van der Waals surface area contributed by atoms with E-state index in [4.69, 9.17) is 0 Å². The summed E-state index contributed by atoms with van der Waals surface area (Å²) < 4.78 is 1.42. The van der Waals surface area contributed by atoms with Gasteiger partial charge in [-0.15, -0.1) is 0 Å². The van der Waals surface area contributed by atoms with E-state index >= 15 is 0 Å². The van der Waals surface area contributed by atoms with Crippen LogP contribution >= 0.6 is 0 Å². The predicted octanol–water partition coefficient (Wildman–Crippen LogP) is 8.76. The fourth-order valence-electron chi connectivity index (χ4n) is 7.91. The minimum Gasteiger partial charge on any atom is -0.392 e. The van der Waals surface area contributed by atoms with Crippen molar-refractivity contribution in [2.24, 2.45) is 0 Å². The normalized spacial score (nSPS) is 11.9. The SMILES string of the molecule is CCCC[N+](CCCC)(CCCC)CCCC.OCc1cccc2cc3cc4cc5cccc(CO)c5c(CO)c4c(CO)c3c(CO)c12. The average molecular weight is 671 g/mol. The third-order valence-electron chi connectivity index (χ3n) is 10.4. The van der Waals surface area contributed by atoms with E-state index in [1.807, 2.05) is 54.6 Å². The third-order valence-corrected chi connectivity index (χ3v) is 10.4. The first-order valence-electron chi connectivity index (χ1n) is 18.7. The molecule has 5 rings (SSSR count). The van der Waals surface area contributed by atoms with Crippen LogP contribution < -0.4 is 0 Å². The lowest BCUT2D eigenvalue weighted by molar-refractivity contribution is -0.929. The molecule has 0 saturated carbocycles. The van der Waals surface area contributed by atoms with Crippen molar-refractivity contribution in [1.82, 2.24) is 0 Å². The third kappa shape index (κ3) is 8.45. The first-order chi connectivity index (χ1) is 23.9. The van der Waals surface area contributed by atoms with Crippen LogP contribution in [-0.2, 0) is 33.0 Å². The molecule has 0 aliphatic rings. The Morgan fingerprint density at radius 3 is 1.04 bits per heavy atom. The van der Waals surface area contributed by atoms with Crippen LogP contribution in [0.5, 0.6) is 0 Å². The summed E-state index contributed by atoms with van der Waals surface area (Å²) in [6, 6.07) is 17.3. The molecule has 0 amide bonds. The van der Waals surface area contributed by atoms with Crippen LogP contribution in [0.1, 0.15) is 107 Å². The van der Waals surface area contributed by atoms with Gasteiger partial charge in [0.05, 0.1) is 59.2 Å². The van der Waals surface area contributed by atoms with Crippen molar-refractivity contribution >= 4 is 43.1 Å². The number of fused-ring (bicyclic) bond motifs is 4. The molecule has 0 aliphatic heterocycles. The summed E-state index contributed by atoms with van der Waals surface area (Å²) in [4.78, 5) is 0. The zero-order chi connectivity index (χ0) is 35.4. The highest BCUT2D eigenvalue weighted by molar-refractivity contribution is 6.15.